The van der Waals surface area contributed by atoms with Crippen LogP contribution >= 0.6 is 19.2 Å². The van der Waals surface area contributed by atoms with Crippen LogP contribution in [0.1, 0.15) is 20.1 Å². The molecule has 3 atom stereocenters. The molecule has 1 aliphatic heterocycles. The minimum Gasteiger partial charge on any atom is -0.382 e. The third kappa shape index (κ3) is 4.02. The Morgan fingerprint density at radius 3 is 2.68 bits per heavy atom. The first kappa shape index (κ1) is 21.0. The average molecular weight is 438 g/mol. The van der Waals surface area contributed by atoms with E-state index in [0.29, 0.717) is 0 Å². The number of imidazole rings is 1. The number of nitrogens with zero attached hydrogens (tertiary/aromatic N) is 4. The van der Waals surface area contributed by atoms with Crippen molar-refractivity contribution in [1.82, 2.24) is 19.5 Å². The molecule has 0 aromatic carbocycles. The Labute approximate surface area is 163 Å². The van der Waals surface area contributed by atoms with Gasteiger partial charge in [0.25, 0.3) is 0 Å². The van der Waals surface area contributed by atoms with Crippen molar-refractivity contribution < 1.29 is 32.3 Å². The van der Waals surface area contributed by atoms with Crippen LogP contribution in [-0.2, 0) is 27.9 Å². The Balaban J connectivity index is 1.80. The molecule has 14 heteroatoms. The molecule has 28 heavy (non-hydrogen) atoms. The molecule has 2 aromatic heterocycles. The highest BCUT2D eigenvalue weighted by atomic mass is 35.5. The zero-order valence-electron chi connectivity index (χ0n) is 14.9. The summed E-state index contributed by atoms with van der Waals surface area (Å²) in [6.45, 7) is 3.47. The molecule has 0 aliphatic carbocycles. The fraction of sp³-hybridized carbons (Fsp3) is 0.571. The van der Waals surface area contributed by atoms with Gasteiger partial charge in [0.1, 0.15) is 5.52 Å². The number of aromatic nitrogens is 4. The van der Waals surface area contributed by atoms with Crippen LogP contribution in [0, 0.1) is 0 Å². The van der Waals surface area contributed by atoms with Crippen LogP contribution in [0.4, 0.5) is 10.2 Å². The minimum atomic E-state index is -3.60. The lowest BCUT2D eigenvalue weighted by Gasteiger charge is -2.19. The normalized spacial score (nSPS) is 23.0. The number of fused-ring (bicyclic) bond motifs is 1. The second kappa shape index (κ2) is 8.36. The number of rotatable bonds is 8. The number of hydrogen-bond acceptors (Lipinski definition) is 10. The molecular weight excluding hydrogens is 420 g/mol. The second-order valence-electron chi connectivity index (χ2n) is 5.61. The fourth-order valence-electron chi connectivity index (χ4n) is 2.62. The number of alkyl halides is 1. The van der Waals surface area contributed by atoms with Gasteiger partial charge in [-0.25, -0.2) is 9.37 Å². The van der Waals surface area contributed by atoms with Gasteiger partial charge in [0.2, 0.25) is 23.5 Å². The van der Waals surface area contributed by atoms with E-state index < -0.39 is 38.4 Å². The van der Waals surface area contributed by atoms with Crippen molar-refractivity contribution in [2.24, 2.45) is 0 Å². The molecule has 0 saturated carbocycles. The Kier molecular flexibility index (Phi) is 6.28. The largest absolute Gasteiger partial charge is 0.382 e. The topological polar surface area (TPSA) is 141 Å². The molecule has 0 amide bonds. The lowest BCUT2D eigenvalue weighted by Crippen LogP contribution is -2.25. The highest BCUT2D eigenvalue weighted by Crippen LogP contribution is 2.48. The number of halogens is 2. The van der Waals surface area contributed by atoms with Gasteiger partial charge < -0.3 is 24.3 Å². The number of nitrogen functional groups attached to an aromatic ring is 1. The molecule has 11 nitrogen and oxygen atoms in total. The molecule has 2 N–H and O–H groups in total. The van der Waals surface area contributed by atoms with Crippen molar-refractivity contribution in [2.75, 3.05) is 25.3 Å². The molecule has 2 aromatic rings. The number of nitrogens with two attached hydrogens (primary N) is 1. The van der Waals surface area contributed by atoms with Crippen LogP contribution in [0.5, 0.6) is 0 Å². The van der Waals surface area contributed by atoms with Crippen LogP contribution in [0.25, 0.3) is 11.2 Å². The summed E-state index contributed by atoms with van der Waals surface area (Å²) in [5.41, 5.74) is 5.98. The summed E-state index contributed by atoms with van der Waals surface area (Å²) >= 11 is 5.78. The van der Waals surface area contributed by atoms with Crippen LogP contribution in [0.15, 0.2) is 6.33 Å². The van der Waals surface area contributed by atoms with Crippen LogP contribution in [0.2, 0.25) is 5.28 Å². The third-order valence-electron chi connectivity index (χ3n) is 3.75. The van der Waals surface area contributed by atoms with Crippen molar-refractivity contribution >= 4 is 42.0 Å². The zero-order chi connectivity index (χ0) is 20.5. The smallest absolute Gasteiger partial charge is 0.356 e. The molecule has 0 bridgehead atoms. The van der Waals surface area contributed by atoms with E-state index in [9.17, 15) is 13.8 Å². The van der Waals surface area contributed by atoms with Crippen LogP contribution in [-0.4, -0.2) is 57.3 Å². The Bertz CT molecular complexity index is 919. The summed E-state index contributed by atoms with van der Waals surface area (Å²) in [6.07, 6.45) is -4.50. The highest BCUT2D eigenvalue weighted by molar-refractivity contribution is 7.53. The Morgan fingerprint density at radius 2 is 2.04 bits per heavy atom. The van der Waals surface area contributed by atoms with Gasteiger partial charge >= 0.3 is 7.60 Å². The first-order valence-corrected chi connectivity index (χ1v) is 10.4. The summed E-state index contributed by atoms with van der Waals surface area (Å²) < 4.78 is 48.9. The lowest BCUT2D eigenvalue weighted by atomic mass is 10.2. The molecule has 0 spiro atoms. The van der Waals surface area contributed by atoms with Gasteiger partial charge in [0.05, 0.1) is 19.5 Å². The maximum absolute atomic E-state index is 14.6. The van der Waals surface area contributed by atoms with E-state index in [-0.39, 0.29) is 35.5 Å². The third-order valence-corrected chi connectivity index (χ3v) is 5.69. The molecule has 3 heterocycles. The van der Waals surface area contributed by atoms with Gasteiger partial charge in [-0.1, -0.05) is 0 Å². The van der Waals surface area contributed by atoms with Gasteiger partial charge in [-0.15, -0.1) is 0 Å². The number of carbonyl (C=O) groups is 1. The predicted octanol–water partition coefficient (Wildman–Crippen LogP) is 2.06. The molecule has 1 unspecified atom stereocenters. The average Bonchev–Trinajstić information content (AvgIpc) is 3.16. The van der Waals surface area contributed by atoms with Crippen molar-refractivity contribution in [1.29, 1.82) is 0 Å². The maximum atomic E-state index is 14.6. The zero-order valence-corrected chi connectivity index (χ0v) is 16.6. The maximum Gasteiger partial charge on any atom is 0.356 e. The van der Waals surface area contributed by atoms with E-state index in [1.165, 1.54) is 6.33 Å². The van der Waals surface area contributed by atoms with E-state index in [2.05, 4.69) is 15.0 Å². The summed E-state index contributed by atoms with van der Waals surface area (Å²) in [5.74, 6) is -0.991. The minimum absolute atomic E-state index is 0.00403. The monoisotopic (exact) mass is 437 g/mol. The summed E-state index contributed by atoms with van der Waals surface area (Å²) in [5, 5.41) is -0.173. The second-order valence-corrected chi connectivity index (χ2v) is 7.94. The van der Waals surface area contributed by atoms with Crippen LogP contribution in [0.3, 0.4) is 0 Å². The molecular formula is C14H18ClFN5O6P. The van der Waals surface area contributed by atoms with E-state index in [1.807, 2.05) is 0 Å². The fourth-order valence-corrected chi connectivity index (χ4v) is 4.12. The first-order chi connectivity index (χ1) is 13.3. The molecule has 1 fully saturated rings. The summed E-state index contributed by atoms with van der Waals surface area (Å²) in [6, 6.07) is 0. The number of ketones is 1. The predicted molar refractivity (Wildman–Crippen MR) is 95.4 cm³/mol. The van der Waals surface area contributed by atoms with Crippen molar-refractivity contribution in [3.63, 3.8) is 0 Å². The SMILES string of the molecule is CCOP(=O)(CO[C@H]1O[C@@H](n2cnc3c(N)nc(Cl)nc32)C(F)C1=O)OCC. The summed E-state index contributed by atoms with van der Waals surface area (Å²) in [4.78, 5) is 23.9. The molecule has 1 aliphatic rings. The quantitative estimate of drug-likeness (QED) is 0.481. The van der Waals surface area contributed by atoms with E-state index in [0.717, 1.165) is 4.57 Å². The molecule has 1 saturated heterocycles. The van der Waals surface area contributed by atoms with Crippen molar-refractivity contribution in [2.45, 2.75) is 32.5 Å². The highest BCUT2D eigenvalue weighted by Gasteiger charge is 2.47. The van der Waals surface area contributed by atoms with Crippen molar-refractivity contribution in [3.8, 4) is 0 Å². The number of ether oxygens (including phenoxy) is 2. The molecule has 3 rings (SSSR count). The molecule has 154 valence electrons. The standard InChI is InChI=1S/C14H18ClFN5O6P/c1-3-25-28(23,26-4-2)6-24-13-9(22)7(16)12(27-13)21-5-18-8-10(17)19-14(15)20-11(8)21/h5,7,12-13H,3-4,6H2,1-2H3,(H2,17,19,20)/t7?,12-,13+/m1/s1. The van der Waals surface area contributed by atoms with Gasteiger partial charge in [0, 0.05) is 0 Å². The number of carbonyl (C=O) groups excluding carboxylic acids is 1. The van der Waals surface area contributed by atoms with E-state index in [1.54, 1.807) is 13.8 Å². The molecule has 0 radical (unpaired) electrons. The summed E-state index contributed by atoms with van der Waals surface area (Å²) in [7, 11) is -3.60. The van der Waals surface area contributed by atoms with Gasteiger partial charge in [0.15, 0.2) is 24.0 Å². The number of hydrogen-bond donors (Lipinski definition) is 1. The number of Topliss-reactive ketones (excluding diaryl/α,β-unsaturated/α-hetero) is 1. The van der Waals surface area contributed by atoms with E-state index in [4.69, 9.17) is 35.9 Å². The lowest BCUT2D eigenvalue weighted by molar-refractivity contribution is -0.160. The first-order valence-electron chi connectivity index (χ1n) is 8.28. The van der Waals surface area contributed by atoms with Gasteiger partial charge in [-0.3, -0.25) is 13.9 Å². The van der Waals surface area contributed by atoms with Crippen molar-refractivity contribution in [3.05, 3.63) is 11.6 Å². The van der Waals surface area contributed by atoms with E-state index >= 15 is 0 Å². The number of anilines is 1. The Morgan fingerprint density at radius 1 is 1.36 bits per heavy atom. The van der Waals surface area contributed by atoms with Crippen LogP contribution < -0.4 is 5.73 Å². The van der Waals surface area contributed by atoms with Gasteiger partial charge in [-0.05, 0) is 25.4 Å². The Hall–Kier alpha value is -1.69. The van der Waals surface area contributed by atoms with Gasteiger partial charge in [-0.2, -0.15) is 9.97 Å².